The summed E-state index contributed by atoms with van der Waals surface area (Å²) in [6.07, 6.45) is 0. The van der Waals surface area contributed by atoms with Crippen LogP contribution in [0.2, 0.25) is 0 Å². The Balaban J connectivity index is 2.07. The number of nitrogen functional groups attached to an aromatic ring is 1. The molecule has 0 fully saturated rings. The van der Waals surface area contributed by atoms with Gasteiger partial charge in [0.25, 0.3) is 0 Å². The van der Waals surface area contributed by atoms with Gasteiger partial charge >= 0.3 is 0 Å². The van der Waals surface area contributed by atoms with E-state index in [9.17, 15) is 4.39 Å². The predicted molar refractivity (Wildman–Crippen MR) is 61.5 cm³/mol. The molecular formula is C10H11FN4S. The van der Waals surface area contributed by atoms with Gasteiger partial charge in [0.1, 0.15) is 11.6 Å². The highest BCUT2D eigenvalue weighted by atomic mass is 32.2. The molecule has 1 heterocycles. The minimum absolute atomic E-state index is 0.282. The first-order valence-electron chi connectivity index (χ1n) is 4.71. The standard InChI is InChI=1S/C10H11FN4S/c1-6-13-10(15-14-6)16-5-7-4-8(11)2-3-9(7)12/h2-4H,5,12H2,1H3,(H,13,14,15). The maximum atomic E-state index is 13.0. The molecule has 2 rings (SSSR count). The highest BCUT2D eigenvalue weighted by molar-refractivity contribution is 7.98. The van der Waals surface area contributed by atoms with Crippen molar-refractivity contribution in [1.29, 1.82) is 0 Å². The number of nitrogens with two attached hydrogens (primary N) is 1. The molecule has 0 aliphatic carbocycles. The molecule has 0 atom stereocenters. The third-order valence-electron chi connectivity index (χ3n) is 2.04. The molecule has 0 amide bonds. The number of aromatic nitrogens is 3. The lowest BCUT2D eigenvalue weighted by Gasteiger charge is -2.03. The first-order valence-corrected chi connectivity index (χ1v) is 5.69. The Kier molecular flexibility index (Phi) is 3.09. The molecule has 6 heteroatoms. The summed E-state index contributed by atoms with van der Waals surface area (Å²) >= 11 is 1.42. The van der Waals surface area contributed by atoms with E-state index in [0.717, 1.165) is 11.4 Å². The molecule has 0 saturated heterocycles. The van der Waals surface area contributed by atoms with Crippen LogP contribution in [0.4, 0.5) is 10.1 Å². The number of halogens is 1. The van der Waals surface area contributed by atoms with Crippen molar-refractivity contribution >= 4 is 17.4 Å². The second kappa shape index (κ2) is 4.52. The maximum Gasteiger partial charge on any atom is 0.208 e. The zero-order valence-corrected chi connectivity index (χ0v) is 9.51. The van der Waals surface area contributed by atoms with E-state index in [1.54, 1.807) is 6.07 Å². The van der Waals surface area contributed by atoms with Crippen LogP contribution in [0.3, 0.4) is 0 Å². The van der Waals surface area contributed by atoms with Gasteiger partial charge < -0.3 is 5.73 Å². The number of anilines is 1. The number of H-pyrrole nitrogens is 1. The van der Waals surface area contributed by atoms with Gasteiger partial charge in [-0.25, -0.2) is 9.37 Å². The van der Waals surface area contributed by atoms with Gasteiger partial charge in [-0.05, 0) is 30.7 Å². The van der Waals surface area contributed by atoms with E-state index in [2.05, 4.69) is 15.2 Å². The highest BCUT2D eigenvalue weighted by Crippen LogP contribution is 2.23. The fourth-order valence-corrected chi connectivity index (χ4v) is 2.07. The van der Waals surface area contributed by atoms with Gasteiger partial charge in [-0.2, -0.15) is 0 Å². The van der Waals surface area contributed by atoms with E-state index in [-0.39, 0.29) is 5.82 Å². The smallest absolute Gasteiger partial charge is 0.208 e. The molecule has 3 N–H and O–H groups in total. The van der Waals surface area contributed by atoms with Gasteiger partial charge in [0, 0.05) is 11.4 Å². The average Bonchev–Trinajstić information content (AvgIpc) is 2.66. The zero-order chi connectivity index (χ0) is 11.5. The summed E-state index contributed by atoms with van der Waals surface area (Å²) in [4.78, 5) is 4.14. The molecule has 4 nitrogen and oxygen atoms in total. The van der Waals surface area contributed by atoms with E-state index in [4.69, 9.17) is 5.73 Å². The van der Waals surface area contributed by atoms with Gasteiger partial charge in [-0.3, -0.25) is 5.10 Å². The summed E-state index contributed by atoms with van der Waals surface area (Å²) in [5, 5.41) is 7.36. The van der Waals surface area contributed by atoms with Crippen LogP contribution >= 0.6 is 11.8 Å². The predicted octanol–water partition coefficient (Wildman–Crippen LogP) is 2.13. The minimum Gasteiger partial charge on any atom is -0.398 e. The number of aromatic amines is 1. The highest BCUT2D eigenvalue weighted by Gasteiger charge is 2.05. The van der Waals surface area contributed by atoms with Gasteiger partial charge in [0.05, 0.1) is 0 Å². The first kappa shape index (κ1) is 10.9. The van der Waals surface area contributed by atoms with Crippen LogP contribution < -0.4 is 5.73 Å². The molecule has 0 aliphatic heterocycles. The van der Waals surface area contributed by atoms with Crippen molar-refractivity contribution in [2.45, 2.75) is 17.8 Å². The normalized spacial score (nSPS) is 10.6. The SMILES string of the molecule is Cc1nc(SCc2cc(F)ccc2N)n[nH]1. The Bertz CT molecular complexity index is 497. The zero-order valence-electron chi connectivity index (χ0n) is 8.70. The van der Waals surface area contributed by atoms with Crippen LogP contribution in [0.15, 0.2) is 23.4 Å². The van der Waals surface area contributed by atoms with Crippen molar-refractivity contribution in [3.05, 3.63) is 35.4 Å². The van der Waals surface area contributed by atoms with Crippen molar-refractivity contribution in [2.75, 3.05) is 5.73 Å². The van der Waals surface area contributed by atoms with Crippen molar-refractivity contribution in [3.8, 4) is 0 Å². The number of hydrogen-bond acceptors (Lipinski definition) is 4. The summed E-state index contributed by atoms with van der Waals surface area (Å²) in [6.45, 7) is 1.83. The lowest BCUT2D eigenvalue weighted by Crippen LogP contribution is -1.93. The Hall–Kier alpha value is -1.56. The molecule has 0 spiro atoms. The van der Waals surface area contributed by atoms with E-state index in [1.165, 1.54) is 23.9 Å². The second-order valence-electron chi connectivity index (χ2n) is 3.34. The molecule has 0 saturated carbocycles. The van der Waals surface area contributed by atoms with Gasteiger partial charge in [0.2, 0.25) is 5.16 Å². The largest absolute Gasteiger partial charge is 0.398 e. The molecular weight excluding hydrogens is 227 g/mol. The number of hydrogen-bond donors (Lipinski definition) is 2. The second-order valence-corrected chi connectivity index (χ2v) is 4.28. The lowest BCUT2D eigenvalue weighted by molar-refractivity contribution is 0.627. The molecule has 0 unspecified atom stereocenters. The number of thioether (sulfide) groups is 1. The van der Waals surface area contributed by atoms with E-state index < -0.39 is 0 Å². The summed E-state index contributed by atoms with van der Waals surface area (Å²) in [5.41, 5.74) is 7.07. The topological polar surface area (TPSA) is 67.6 Å². The van der Waals surface area contributed by atoms with E-state index in [1.807, 2.05) is 6.92 Å². The maximum absolute atomic E-state index is 13.0. The summed E-state index contributed by atoms with van der Waals surface area (Å²) in [5.74, 6) is 1.03. The third kappa shape index (κ3) is 2.52. The summed E-state index contributed by atoms with van der Waals surface area (Å²) in [6, 6.07) is 4.34. The lowest BCUT2D eigenvalue weighted by atomic mass is 10.2. The molecule has 1 aromatic carbocycles. The summed E-state index contributed by atoms with van der Waals surface area (Å²) in [7, 11) is 0. The molecule has 1 aromatic heterocycles. The number of nitrogens with zero attached hydrogens (tertiary/aromatic N) is 2. The number of nitrogens with one attached hydrogen (secondary N) is 1. The van der Waals surface area contributed by atoms with Crippen LogP contribution in [-0.4, -0.2) is 15.2 Å². The van der Waals surface area contributed by atoms with Gasteiger partial charge in [-0.1, -0.05) is 11.8 Å². The van der Waals surface area contributed by atoms with Crippen LogP contribution in [0, 0.1) is 12.7 Å². The van der Waals surface area contributed by atoms with Crippen molar-refractivity contribution in [1.82, 2.24) is 15.2 Å². The van der Waals surface area contributed by atoms with Crippen molar-refractivity contribution in [2.24, 2.45) is 0 Å². The molecule has 0 bridgehead atoms. The van der Waals surface area contributed by atoms with Gasteiger partial charge in [0.15, 0.2) is 0 Å². The minimum atomic E-state index is -0.282. The molecule has 84 valence electrons. The molecule has 0 radical (unpaired) electrons. The fraction of sp³-hybridized carbons (Fsp3) is 0.200. The van der Waals surface area contributed by atoms with E-state index in [0.29, 0.717) is 16.6 Å². The first-order chi connectivity index (χ1) is 7.65. The molecule has 0 aliphatic rings. The number of benzene rings is 1. The number of rotatable bonds is 3. The van der Waals surface area contributed by atoms with Crippen LogP contribution in [-0.2, 0) is 5.75 Å². The molecule has 16 heavy (non-hydrogen) atoms. The quantitative estimate of drug-likeness (QED) is 0.635. The molecule has 2 aromatic rings. The summed E-state index contributed by atoms with van der Waals surface area (Å²) < 4.78 is 13.0. The Morgan fingerprint density at radius 1 is 1.50 bits per heavy atom. The van der Waals surface area contributed by atoms with Crippen molar-refractivity contribution < 1.29 is 4.39 Å². The Labute approximate surface area is 96.5 Å². The number of aryl methyl sites for hydroxylation is 1. The Morgan fingerprint density at radius 2 is 2.31 bits per heavy atom. The average molecular weight is 238 g/mol. The van der Waals surface area contributed by atoms with E-state index >= 15 is 0 Å². The Morgan fingerprint density at radius 3 is 3.00 bits per heavy atom. The third-order valence-corrected chi connectivity index (χ3v) is 2.93. The van der Waals surface area contributed by atoms with Crippen LogP contribution in [0.5, 0.6) is 0 Å². The van der Waals surface area contributed by atoms with Crippen LogP contribution in [0.1, 0.15) is 11.4 Å². The monoisotopic (exact) mass is 238 g/mol. The van der Waals surface area contributed by atoms with Crippen molar-refractivity contribution in [3.63, 3.8) is 0 Å². The fourth-order valence-electron chi connectivity index (χ4n) is 1.23. The van der Waals surface area contributed by atoms with Gasteiger partial charge in [-0.15, -0.1) is 5.10 Å². The van der Waals surface area contributed by atoms with Crippen LogP contribution in [0.25, 0.3) is 0 Å².